The minimum absolute atomic E-state index is 0.0881. The molecule has 1 aliphatic heterocycles. The Bertz CT molecular complexity index is 748. The van der Waals surface area contributed by atoms with Crippen LogP contribution in [0.15, 0.2) is 53.3 Å². The van der Waals surface area contributed by atoms with Crippen LogP contribution in [0.3, 0.4) is 0 Å². The van der Waals surface area contributed by atoms with Gasteiger partial charge in [-0.05, 0) is 46.8 Å². The second kappa shape index (κ2) is 7.26. The third kappa shape index (κ3) is 3.93. The Morgan fingerprint density at radius 1 is 1.16 bits per heavy atom. The second-order valence-electron chi connectivity index (χ2n) is 6.96. The van der Waals surface area contributed by atoms with Gasteiger partial charge in [0.25, 0.3) is 5.91 Å². The average molecular weight is 400 g/mol. The summed E-state index contributed by atoms with van der Waals surface area (Å²) < 4.78 is 0.842. The lowest BCUT2D eigenvalue weighted by Gasteiger charge is -2.42. The highest BCUT2D eigenvalue weighted by molar-refractivity contribution is 9.10. The number of carbonyl (C=O) groups is 1. The predicted octanol–water partition coefficient (Wildman–Crippen LogP) is 3.38. The predicted molar refractivity (Wildman–Crippen MR) is 102 cm³/mol. The van der Waals surface area contributed by atoms with Crippen molar-refractivity contribution in [3.8, 4) is 0 Å². The van der Waals surface area contributed by atoms with E-state index in [-0.39, 0.29) is 11.9 Å². The van der Waals surface area contributed by atoms with Crippen molar-refractivity contribution in [3.05, 3.63) is 64.4 Å². The van der Waals surface area contributed by atoms with Crippen molar-refractivity contribution < 1.29 is 4.79 Å². The van der Waals surface area contributed by atoms with E-state index in [1.807, 2.05) is 12.1 Å². The number of hydrogen-bond donors (Lipinski definition) is 0. The molecule has 1 saturated carbocycles. The summed E-state index contributed by atoms with van der Waals surface area (Å²) in [4.78, 5) is 21.9. The van der Waals surface area contributed by atoms with Crippen LogP contribution in [0.1, 0.15) is 28.8 Å². The third-order valence-electron chi connectivity index (χ3n) is 5.10. The van der Waals surface area contributed by atoms with E-state index in [1.54, 1.807) is 12.4 Å². The largest absolute Gasteiger partial charge is 0.333 e. The Hall–Kier alpha value is -1.72. The summed E-state index contributed by atoms with van der Waals surface area (Å²) in [6.45, 7) is 2.73. The summed E-state index contributed by atoms with van der Waals surface area (Å²) in [5.41, 5.74) is 1.95. The van der Waals surface area contributed by atoms with Gasteiger partial charge in [-0.1, -0.05) is 30.3 Å². The van der Waals surface area contributed by atoms with E-state index in [1.165, 1.54) is 18.4 Å². The smallest absolute Gasteiger partial charge is 0.255 e. The Kier molecular flexibility index (Phi) is 4.86. The molecule has 4 rings (SSSR count). The van der Waals surface area contributed by atoms with Crippen molar-refractivity contribution in [2.45, 2.75) is 31.3 Å². The van der Waals surface area contributed by atoms with Crippen molar-refractivity contribution in [1.29, 1.82) is 0 Å². The Morgan fingerprint density at radius 2 is 1.96 bits per heavy atom. The van der Waals surface area contributed by atoms with Crippen LogP contribution in [0.5, 0.6) is 0 Å². The van der Waals surface area contributed by atoms with Gasteiger partial charge in [-0.2, -0.15) is 0 Å². The first-order valence-corrected chi connectivity index (χ1v) is 9.69. The summed E-state index contributed by atoms with van der Waals surface area (Å²) in [7, 11) is 0. The number of carbonyl (C=O) groups excluding carboxylic acids is 1. The molecule has 0 spiro atoms. The van der Waals surface area contributed by atoms with Crippen molar-refractivity contribution in [2.75, 3.05) is 19.6 Å². The fourth-order valence-corrected chi connectivity index (χ4v) is 4.04. The first-order valence-electron chi connectivity index (χ1n) is 8.90. The number of amides is 1. The lowest BCUT2D eigenvalue weighted by Crippen LogP contribution is -2.56. The zero-order chi connectivity index (χ0) is 17.2. The second-order valence-corrected chi connectivity index (χ2v) is 7.88. The lowest BCUT2D eigenvalue weighted by molar-refractivity contribution is 0.0437. The number of piperazine rings is 1. The minimum Gasteiger partial charge on any atom is -0.333 e. The highest BCUT2D eigenvalue weighted by Crippen LogP contribution is 2.30. The van der Waals surface area contributed by atoms with Gasteiger partial charge in [0.2, 0.25) is 0 Å². The van der Waals surface area contributed by atoms with Crippen LogP contribution in [0.2, 0.25) is 0 Å². The number of halogens is 1. The maximum atomic E-state index is 13.1. The number of hydrogen-bond acceptors (Lipinski definition) is 3. The summed E-state index contributed by atoms with van der Waals surface area (Å²) in [5, 5.41) is 0. The van der Waals surface area contributed by atoms with Crippen LogP contribution in [0.4, 0.5) is 0 Å². The van der Waals surface area contributed by atoms with Gasteiger partial charge in [-0.15, -0.1) is 0 Å². The molecule has 1 amide bonds. The summed E-state index contributed by atoms with van der Waals surface area (Å²) in [6, 6.07) is 13.3. The molecule has 1 saturated heterocycles. The molecule has 1 unspecified atom stereocenters. The van der Waals surface area contributed by atoms with Crippen LogP contribution < -0.4 is 0 Å². The zero-order valence-corrected chi connectivity index (χ0v) is 15.7. The van der Waals surface area contributed by atoms with Gasteiger partial charge in [0, 0.05) is 48.6 Å². The van der Waals surface area contributed by atoms with E-state index < -0.39 is 0 Å². The van der Waals surface area contributed by atoms with Gasteiger partial charge in [-0.25, -0.2) is 0 Å². The van der Waals surface area contributed by atoms with E-state index in [0.717, 1.165) is 36.6 Å². The zero-order valence-electron chi connectivity index (χ0n) is 14.1. The van der Waals surface area contributed by atoms with Crippen LogP contribution >= 0.6 is 15.9 Å². The third-order valence-corrected chi connectivity index (χ3v) is 5.54. The molecule has 5 heteroatoms. The number of rotatable bonds is 4. The van der Waals surface area contributed by atoms with Gasteiger partial charge in [0.05, 0.1) is 5.56 Å². The molecule has 1 atom stereocenters. The Morgan fingerprint density at radius 3 is 2.68 bits per heavy atom. The maximum Gasteiger partial charge on any atom is 0.255 e. The standard InChI is InChI=1S/C20H22BrN3O/c21-17-11-16(12-22-13-17)20(25)24-9-8-23(18-6-7-18)14-19(24)10-15-4-2-1-3-5-15/h1-5,11-13,18-19H,6-10,14H2. The van der Waals surface area contributed by atoms with Crippen molar-refractivity contribution >= 4 is 21.8 Å². The molecule has 2 aliphatic rings. The van der Waals surface area contributed by atoms with E-state index >= 15 is 0 Å². The van der Waals surface area contributed by atoms with Crippen molar-refractivity contribution in [2.24, 2.45) is 0 Å². The first-order chi connectivity index (χ1) is 12.2. The molecule has 130 valence electrons. The van der Waals surface area contributed by atoms with Gasteiger partial charge >= 0.3 is 0 Å². The van der Waals surface area contributed by atoms with Crippen LogP contribution in [-0.2, 0) is 6.42 Å². The average Bonchev–Trinajstić information content (AvgIpc) is 3.47. The minimum atomic E-state index is 0.0881. The van der Waals surface area contributed by atoms with Crippen LogP contribution in [-0.4, -0.2) is 52.4 Å². The summed E-state index contributed by atoms with van der Waals surface area (Å²) in [5.74, 6) is 0.0881. The molecule has 4 nitrogen and oxygen atoms in total. The Balaban J connectivity index is 1.56. The number of benzene rings is 1. The van der Waals surface area contributed by atoms with Crippen LogP contribution in [0.25, 0.3) is 0 Å². The van der Waals surface area contributed by atoms with Gasteiger partial charge in [0.1, 0.15) is 0 Å². The maximum absolute atomic E-state index is 13.1. The lowest BCUT2D eigenvalue weighted by atomic mass is 10.0. The SMILES string of the molecule is O=C(c1cncc(Br)c1)N1CCN(C2CC2)CC1Cc1ccccc1. The topological polar surface area (TPSA) is 36.4 Å². The monoisotopic (exact) mass is 399 g/mol. The fourth-order valence-electron chi connectivity index (χ4n) is 3.67. The number of nitrogens with zero attached hydrogens (tertiary/aromatic N) is 3. The molecule has 0 N–H and O–H groups in total. The van der Waals surface area contributed by atoms with Crippen molar-refractivity contribution in [1.82, 2.24) is 14.8 Å². The highest BCUT2D eigenvalue weighted by atomic mass is 79.9. The Labute approximate surface area is 157 Å². The molecule has 2 fully saturated rings. The van der Waals surface area contributed by atoms with Crippen LogP contribution in [0, 0.1) is 0 Å². The van der Waals surface area contributed by atoms with Gasteiger partial charge in [-0.3, -0.25) is 14.7 Å². The molecule has 2 aromatic rings. The molecule has 25 heavy (non-hydrogen) atoms. The summed E-state index contributed by atoms with van der Waals surface area (Å²) in [6.07, 6.45) is 6.89. The molecule has 0 bridgehead atoms. The fraction of sp³-hybridized carbons (Fsp3) is 0.400. The van der Waals surface area contributed by atoms with E-state index in [9.17, 15) is 4.79 Å². The van der Waals surface area contributed by atoms with E-state index in [0.29, 0.717) is 5.56 Å². The molecule has 1 aromatic carbocycles. The highest BCUT2D eigenvalue weighted by Gasteiger charge is 2.37. The molecule has 1 aliphatic carbocycles. The number of pyridine rings is 1. The number of aromatic nitrogens is 1. The van der Waals surface area contributed by atoms with Gasteiger partial charge < -0.3 is 4.90 Å². The molecule has 2 heterocycles. The summed E-state index contributed by atoms with van der Waals surface area (Å²) >= 11 is 3.42. The molecule has 0 radical (unpaired) electrons. The first kappa shape index (κ1) is 16.7. The molecular weight excluding hydrogens is 378 g/mol. The van der Waals surface area contributed by atoms with E-state index in [4.69, 9.17) is 0 Å². The van der Waals surface area contributed by atoms with Crippen molar-refractivity contribution in [3.63, 3.8) is 0 Å². The molecule has 1 aromatic heterocycles. The van der Waals surface area contributed by atoms with Gasteiger partial charge in [0.15, 0.2) is 0 Å². The normalized spacial score (nSPS) is 21.3. The quantitative estimate of drug-likeness (QED) is 0.790. The molecular formula is C20H22BrN3O. The van der Waals surface area contributed by atoms with E-state index in [2.05, 4.69) is 55.0 Å².